The van der Waals surface area contributed by atoms with Gasteiger partial charge in [0.05, 0.1) is 0 Å². The molecule has 0 aromatic heterocycles. The Morgan fingerprint density at radius 3 is 2.27 bits per heavy atom. The van der Waals surface area contributed by atoms with E-state index in [-0.39, 0.29) is 0 Å². The first kappa shape index (κ1) is 15.6. The average Bonchev–Trinajstić information content (AvgIpc) is 2.50. The number of allylic oxidation sites excluding steroid dienone is 3. The Morgan fingerprint density at radius 1 is 0.955 bits per heavy atom. The topological polar surface area (TPSA) is 37.3 Å². The average molecular weight is 300 g/mol. The first-order chi connectivity index (χ1) is 10.6. The molecule has 112 valence electrons. The Labute approximate surface area is 127 Å². The molecule has 0 spiro atoms. The van der Waals surface area contributed by atoms with E-state index in [2.05, 4.69) is 0 Å². The number of rotatable bonds is 5. The Kier molecular flexibility index (Phi) is 5.20. The van der Waals surface area contributed by atoms with Gasteiger partial charge in [-0.1, -0.05) is 48.6 Å². The molecule has 0 saturated carbocycles. The SMILES string of the molecule is O=C(O)/C=C/C=C/Cc1ccc(-c2ccc(F)c(F)c2)cc1. The maximum absolute atomic E-state index is 13.2. The fraction of sp³-hybridized carbons (Fsp3) is 0.0556. The number of hydrogen-bond acceptors (Lipinski definition) is 1. The van der Waals surface area contributed by atoms with Gasteiger partial charge < -0.3 is 5.11 Å². The zero-order chi connectivity index (χ0) is 15.9. The number of benzene rings is 2. The molecule has 0 bridgehead atoms. The Bertz CT molecular complexity index is 716. The van der Waals surface area contributed by atoms with Gasteiger partial charge in [0, 0.05) is 6.08 Å². The van der Waals surface area contributed by atoms with E-state index in [0.29, 0.717) is 12.0 Å². The molecule has 1 N–H and O–H groups in total. The van der Waals surface area contributed by atoms with Crippen LogP contribution in [-0.4, -0.2) is 11.1 Å². The minimum atomic E-state index is -0.986. The molecule has 0 amide bonds. The van der Waals surface area contributed by atoms with E-state index in [9.17, 15) is 13.6 Å². The number of hydrogen-bond donors (Lipinski definition) is 1. The van der Waals surface area contributed by atoms with Crippen LogP contribution >= 0.6 is 0 Å². The van der Waals surface area contributed by atoms with Crippen molar-refractivity contribution in [3.63, 3.8) is 0 Å². The minimum absolute atomic E-state index is 0.616. The first-order valence-corrected chi connectivity index (χ1v) is 6.67. The van der Waals surface area contributed by atoms with Gasteiger partial charge in [-0.05, 0) is 35.2 Å². The van der Waals surface area contributed by atoms with Gasteiger partial charge in [0.2, 0.25) is 0 Å². The van der Waals surface area contributed by atoms with Crippen molar-refractivity contribution < 1.29 is 18.7 Å². The number of carboxylic acid groups (broad SMARTS) is 1. The molecule has 0 aliphatic heterocycles. The Hall–Kier alpha value is -2.75. The van der Waals surface area contributed by atoms with Gasteiger partial charge in [0.1, 0.15) is 0 Å². The molecule has 2 aromatic carbocycles. The fourth-order valence-electron chi connectivity index (χ4n) is 1.93. The van der Waals surface area contributed by atoms with E-state index in [1.54, 1.807) is 6.08 Å². The lowest BCUT2D eigenvalue weighted by Gasteiger charge is -2.04. The monoisotopic (exact) mass is 300 g/mol. The third-order valence-electron chi connectivity index (χ3n) is 3.05. The van der Waals surface area contributed by atoms with Crippen molar-refractivity contribution in [2.75, 3.05) is 0 Å². The summed E-state index contributed by atoms with van der Waals surface area (Å²) in [6.07, 6.45) is 6.67. The lowest BCUT2D eigenvalue weighted by Crippen LogP contribution is -1.86. The second kappa shape index (κ2) is 7.31. The third kappa shape index (κ3) is 4.38. The van der Waals surface area contributed by atoms with Crippen molar-refractivity contribution in [3.8, 4) is 11.1 Å². The third-order valence-corrected chi connectivity index (χ3v) is 3.05. The van der Waals surface area contributed by atoms with E-state index < -0.39 is 17.6 Å². The number of carboxylic acids is 1. The highest BCUT2D eigenvalue weighted by atomic mass is 19.2. The van der Waals surface area contributed by atoms with Crippen LogP contribution in [0.25, 0.3) is 11.1 Å². The molecule has 0 radical (unpaired) electrons. The summed E-state index contributed by atoms with van der Waals surface area (Å²) in [5.41, 5.74) is 2.45. The largest absolute Gasteiger partial charge is 0.478 e. The van der Waals surface area contributed by atoms with Crippen LogP contribution in [0.15, 0.2) is 66.8 Å². The predicted molar refractivity (Wildman–Crippen MR) is 81.4 cm³/mol. The number of carbonyl (C=O) groups is 1. The fourth-order valence-corrected chi connectivity index (χ4v) is 1.93. The standard InChI is InChI=1S/C18H14F2O2/c19-16-11-10-15(12-17(16)20)14-8-6-13(7-9-14)4-2-1-3-5-18(21)22/h1-3,5-12H,4H2,(H,21,22)/b2-1+,5-3+. The van der Waals surface area contributed by atoms with Gasteiger partial charge in [-0.2, -0.15) is 0 Å². The van der Waals surface area contributed by atoms with Crippen molar-refractivity contribution in [1.82, 2.24) is 0 Å². The van der Waals surface area contributed by atoms with Crippen molar-refractivity contribution in [3.05, 3.63) is 84.0 Å². The van der Waals surface area contributed by atoms with Gasteiger partial charge in [-0.3, -0.25) is 0 Å². The van der Waals surface area contributed by atoms with E-state index in [4.69, 9.17) is 5.11 Å². The van der Waals surface area contributed by atoms with Crippen LogP contribution in [0.1, 0.15) is 5.56 Å². The zero-order valence-corrected chi connectivity index (χ0v) is 11.7. The smallest absolute Gasteiger partial charge is 0.328 e. The molecule has 2 nitrogen and oxygen atoms in total. The summed E-state index contributed by atoms with van der Waals surface area (Å²) in [7, 11) is 0. The lowest BCUT2D eigenvalue weighted by atomic mass is 10.0. The van der Waals surface area contributed by atoms with Crippen LogP contribution in [0.3, 0.4) is 0 Å². The van der Waals surface area contributed by atoms with Crippen molar-refractivity contribution in [2.45, 2.75) is 6.42 Å². The molecule has 2 aromatic rings. The van der Waals surface area contributed by atoms with Crippen LogP contribution < -0.4 is 0 Å². The summed E-state index contributed by atoms with van der Waals surface area (Å²) in [4.78, 5) is 10.3. The molecule has 22 heavy (non-hydrogen) atoms. The molecule has 0 atom stereocenters. The van der Waals surface area contributed by atoms with Gasteiger partial charge in [-0.15, -0.1) is 0 Å². The molecule has 0 unspecified atom stereocenters. The summed E-state index contributed by atoms with van der Waals surface area (Å²) in [5, 5.41) is 8.43. The molecule has 4 heteroatoms. The van der Waals surface area contributed by atoms with E-state index in [1.165, 1.54) is 18.2 Å². The predicted octanol–water partition coefficient (Wildman–Crippen LogP) is 4.37. The second-order valence-corrected chi connectivity index (χ2v) is 4.66. The first-order valence-electron chi connectivity index (χ1n) is 6.67. The molecule has 0 fully saturated rings. The van der Waals surface area contributed by atoms with Crippen molar-refractivity contribution in [2.24, 2.45) is 0 Å². The minimum Gasteiger partial charge on any atom is -0.478 e. The highest BCUT2D eigenvalue weighted by Crippen LogP contribution is 2.22. The van der Waals surface area contributed by atoms with Gasteiger partial charge >= 0.3 is 5.97 Å². The highest BCUT2D eigenvalue weighted by Gasteiger charge is 2.04. The van der Waals surface area contributed by atoms with Gasteiger partial charge in [0.25, 0.3) is 0 Å². The lowest BCUT2D eigenvalue weighted by molar-refractivity contribution is -0.131. The number of aliphatic carboxylic acids is 1. The quantitative estimate of drug-likeness (QED) is 0.657. The summed E-state index contributed by atoms with van der Waals surface area (Å²) in [5.74, 6) is -2.71. The zero-order valence-electron chi connectivity index (χ0n) is 11.7. The van der Waals surface area contributed by atoms with Crippen LogP contribution in [0.4, 0.5) is 8.78 Å². The van der Waals surface area contributed by atoms with Crippen LogP contribution in [0, 0.1) is 11.6 Å². The van der Waals surface area contributed by atoms with E-state index in [1.807, 2.05) is 30.3 Å². The highest BCUT2D eigenvalue weighted by molar-refractivity contribution is 5.80. The summed E-state index contributed by atoms with van der Waals surface area (Å²) < 4.78 is 26.1. The number of halogens is 2. The maximum Gasteiger partial charge on any atom is 0.328 e. The van der Waals surface area contributed by atoms with Crippen LogP contribution in [0.2, 0.25) is 0 Å². The normalized spacial score (nSPS) is 11.4. The van der Waals surface area contributed by atoms with Crippen LogP contribution in [-0.2, 0) is 11.2 Å². The Morgan fingerprint density at radius 2 is 1.64 bits per heavy atom. The van der Waals surface area contributed by atoms with Gasteiger partial charge in [-0.25, -0.2) is 13.6 Å². The molecular weight excluding hydrogens is 286 g/mol. The maximum atomic E-state index is 13.2. The van der Waals surface area contributed by atoms with E-state index in [0.717, 1.165) is 23.3 Å². The van der Waals surface area contributed by atoms with Crippen LogP contribution in [0.5, 0.6) is 0 Å². The van der Waals surface area contributed by atoms with E-state index >= 15 is 0 Å². The van der Waals surface area contributed by atoms with Gasteiger partial charge in [0.15, 0.2) is 11.6 Å². The Balaban J connectivity index is 2.04. The second-order valence-electron chi connectivity index (χ2n) is 4.66. The van der Waals surface area contributed by atoms with Crippen molar-refractivity contribution in [1.29, 1.82) is 0 Å². The molecule has 2 rings (SSSR count). The summed E-state index contributed by atoms with van der Waals surface area (Å²) in [6, 6.07) is 11.3. The molecule has 0 heterocycles. The molecule has 0 saturated heterocycles. The molecule has 0 aliphatic carbocycles. The molecular formula is C18H14F2O2. The summed E-state index contributed by atoms with van der Waals surface area (Å²) in [6.45, 7) is 0. The summed E-state index contributed by atoms with van der Waals surface area (Å²) >= 11 is 0. The molecule has 0 aliphatic rings. The van der Waals surface area contributed by atoms with Crippen molar-refractivity contribution >= 4 is 5.97 Å².